The fourth-order valence-electron chi connectivity index (χ4n) is 6.98. The Hall–Kier alpha value is -6.38. The van der Waals surface area contributed by atoms with Crippen LogP contribution in [-0.4, -0.2) is 9.97 Å². The van der Waals surface area contributed by atoms with E-state index in [1.165, 1.54) is 49.0 Å². The van der Waals surface area contributed by atoms with Crippen molar-refractivity contribution in [3.05, 3.63) is 182 Å². The first-order chi connectivity index (χ1) is 23.8. The van der Waals surface area contributed by atoms with Gasteiger partial charge in [0.2, 0.25) is 0 Å². The third kappa shape index (κ3) is 4.92. The van der Waals surface area contributed by atoms with Crippen LogP contribution in [0.5, 0.6) is 0 Å². The van der Waals surface area contributed by atoms with Crippen LogP contribution >= 0.6 is 0 Å². The van der Waals surface area contributed by atoms with Gasteiger partial charge in [-0.1, -0.05) is 164 Å². The largest absolute Gasteiger partial charge is 0.228 e. The number of nitrogens with zero attached hydrogens (tertiary/aromatic N) is 2. The molecule has 0 radical (unpaired) electrons. The van der Waals surface area contributed by atoms with Gasteiger partial charge in [-0.2, -0.15) is 0 Å². The van der Waals surface area contributed by atoms with Gasteiger partial charge in [-0.05, 0) is 72.8 Å². The minimum absolute atomic E-state index is 0.716. The minimum atomic E-state index is 0.716. The van der Waals surface area contributed by atoms with Gasteiger partial charge in [-0.3, -0.25) is 0 Å². The molecule has 0 spiro atoms. The van der Waals surface area contributed by atoms with Gasteiger partial charge in [0.05, 0.1) is 11.4 Å². The van der Waals surface area contributed by atoms with Crippen LogP contribution in [0.3, 0.4) is 0 Å². The van der Waals surface area contributed by atoms with Crippen molar-refractivity contribution in [2.24, 2.45) is 0 Å². The topological polar surface area (TPSA) is 25.8 Å². The molecule has 1 aromatic heterocycles. The molecule has 0 saturated heterocycles. The molecule has 0 aliphatic rings. The summed E-state index contributed by atoms with van der Waals surface area (Å²) in [5.41, 5.74) is 9.64. The lowest BCUT2D eigenvalue weighted by atomic mass is 9.89. The molecule has 0 saturated carbocycles. The van der Waals surface area contributed by atoms with Gasteiger partial charge in [0, 0.05) is 16.7 Å². The van der Waals surface area contributed by atoms with E-state index in [1.807, 2.05) is 24.3 Å². The maximum absolute atomic E-state index is 5.09. The number of aromatic nitrogens is 2. The van der Waals surface area contributed by atoms with Crippen LogP contribution in [-0.2, 0) is 0 Å². The van der Waals surface area contributed by atoms with E-state index in [9.17, 15) is 0 Å². The molecule has 8 aromatic carbocycles. The molecule has 0 unspecified atom stereocenters. The maximum Gasteiger partial charge on any atom is 0.160 e. The van der Waals surface area contributed by atoms with Gasteiger partial charge in [0.25, 0.3) is 0 Å². The fourth-order valence-corrected chi connectivity index (χ4v) is 6.98. The molecule has 1 heterocycles. The van der Waals surface area contributed by atoms with Gasteiger partial charge in [-0.25, -0.2) is 9.97 Å². The van der Waals surface area contributed by atoms with Crippen LogP contribution < -0.4 is 0 Å². The number of fused-ring (bicyclic) bond motifs is 6. The van der Waals surface area contributed by atoms with Gasteiger partial charge in [0.15, 0.2) is 5.82 Å². The van der Waals surface area contributed by atoms with Crippen LogP contribution in [0.2, 0.25) is 0 Å². The van der Waals surface area contributed by atoms with Crippen molar-refractivity contribution in [3.8, 4) is 56.2 Å². The van der Waals surface area contributed by atoms with E-state index >= 15 is 0 Å². The Kier molecular flexibility index (Phi) is 6.84. The zero-order chi connectivity index (χ0) is 31.9. The number of benzene rings is 8. The van der Waals surface area contributed by atoms with Crippen molar-refractivity contribution >= 4 is 32.3 Å². The van der Waals surface area contributed by atoms with E-state index in [4.69, 9.17) is 9.97 Å². The quantitative estimate of drug-likeness (QED) is 0.181. The lowest BCUT2D eigenvalue weighted by molar-refractivity contribution is 1.18. The summed E-state index contributed by atoms with van der Waals surface area (Å²) in [7, 11) is 0. The van der Waals surface area contributed by atoms with Gasteiger partial charge >= 0.3 is 0 Å². The molecule has 224 valence electrons. The average Bonchev–Trinajstić information content (AvgIpc) is 3.18. The Bertz CT molecular complexity index is 2510. The van der Waals surface area contributed by atoms with Gasteiger partial charge < -0.3 is 0 Å². The van der Waals surface area contributed by atoms with Crippen LogP contribution in [0.1, 0.15) is 0 Å². The Morgan fingerprint density at radius 2 is 0.688 bits per heavy atom. The highest BCUT2D eigenvalue weighted by Gasteiger charge is 2.14. The average molecular weight is 611 g/mol. The highest BCUT2D eigenvalue weighted by atomic mass is 14.9. The molecule has 0 N–H and O–H groups in total. The molecular formula is C46H30N2. The van der Waals surface area contributed by atoms with Crippen molar-refractivity contribution in [2.75, 3.05) is 0 Å². The predicted molar refractivity (Wildman–Crippen MR) is 202 cm³/mol. The first-order valence-electron chi connectivity index (χ1n) is 16.3. The molecule has 0 fully saturated rings. The molecule has 48 heavy (non-hydrogen) atoms. The summed E-state index contributed by atoms with van der Waals surface area (Å²) in [6, 6.07) is 64.5. The Labute approximate surface area is 279 Å². The smallest absolute Gasteiger partial charge is 0.160 e. The predicted octanol–water partition coefficient (Wildman–Crippen LogP) is 12.3. The Balaban J connectivity index is 1.19. The molecule has 9 rings (SSSR count). The summed E-state index contributed by atoms with van der Waals surface area (Å²) in [6.45, 7) is 0. The second kappa shape index (κ2) is 11.8. The van der Waals surface area contributed by atoms with Crippen LogP contribution in [0, 0.1) is 0 Å². The monoisotopic (exact) mass is 610 g/mol. The molecule has 0 aliphatic heterocycles. The van der Waals surface area contributed by atoms with Gasteiger partial charge in [-0.15, -0.1) is 0 Å². The first-order valence-corrected chi connectivity index (χ1v) is 16.3. The van der Waals surface area contributed by atoms with E-state index in [2.05, 4.69) is 158 Å². The number of hydrogen-bond acceptors (Lipinski definition) is 2. The SMILES string of the molecule is c1ccc(-c2cc(-c3cccc(-c4ccccc4-c4ccc5c6ccccc6c6ccccc6c5c4)c3)nc(-c3ccccc3)n2)cc1. The standard InChI is InChI=1S/C46H30N2/c1-3-14-31(15-4-1)44-30-45(48-46(47-44)32-16-5-2-6-17-32)35-19-13-18-33(28-35)36-20-7-8-21-37(36)34-26-27-42-40-24-10-9-22-38(40)39-23-11-12-25-41(39)43(42)29-34/h1-30H. The Morgan fingerprint density at radius 3 is 1.31 bits per heavy atom. The third-order valence-corrected chi connectivity index (χ3v) is 9.28. The molecule has 2 heteroatoms. The summed E-state index contributed by atoms with van der Waals surface area (Å²) >= 11 is 0. The fraction of sp³-hybridized carbons (Fsp3) is 0. The molecule has 2 nitrogen and oxygen atoms in total. The van der Waals surface area contributed by atoms with E-state index in [1.54, 1.807) is 0 Å². The lowest BCUT2D eigenvalue weighted by Gasteiger charge is -2.15. The lowest BCUT2D eigenvalue weighted by Crippen LogP contribution is -1.96. The summed E-state index contributed by atoms with van der Waals surface area (Å²) in [6.07, 6.45) is 0. The van der Waals surface area contributed by atoms with Gasteiger partial charge in [0.1, 0.15) is 0 Å². The molecule has 0 amide bonds. The molecule has 0 bridgehead atoms. The van der Waals surface area contributed by atoms with Crippen molar-refractivity contribution in [1.82, 2.24) is 9.97 Å². The van der Waals surface area contributed by atoms with E-state index < -0.39 is 0 Å². The summed E-state index contributed by atoms with van der Waals surface area (Å²) in [4.78, 5) is 10.1. The van der Waals surface area contributed by atoms with Crippen molar-refractivity contribution in [2.45, 2.75) is 0 Å². The number of hydrogen-bond donors (Lipinski definition) is 0. The second-order valence-corrected chi connectivity index (χ2v) is 12.2. The molecule has 0 aliphatic carbocycles. The van der Waals surface area contributed by atoms with Crippen LogP contribution in [0.15, 0.2) is 182 Å². The highest BCUT2D eigenvalue weighted by Crippen LogP contribution is 2.40. The number of rotatable bonds is 5. The first kappa shape index (κ1) is 27.9. The molecular weight excluding hydrogens is 581 g/mol. The van der Waals surface area contributed by atoms with E-state index in [0.29, 0.717) is 5.82 Å². The van der Waals surface area contributed by atoms with Crippen molar-refractivity contribution in [1.29, 1.82) is 0 Å². The summed E-state index contributed by atoms with van der Waals surface area (Å²) in [5.74, 6) is 0.716. The molecule has 9 aromatic rings. The van der Waals surface area contributed by atoms with E-state index in [-0.39, 0.29) is 0 Å². The van der Waals surface area contributed by atoms with E-state index in [0.717, 1.165) is 33.6 Å². The maximum atomic E-state index is 5.09. The normalized spacial score (nSPS) is 11.3. The zero-order valence-electron chi connectivity index (χ0n) is 26.2. The van der Waals surface area contributed by atoms with Crippen LogP contribution in [0.4, 0.5) is 0 Å². The Morgan fingerprint density at radius 1 is 0.250 bits per heavy atom. The van der Waals surface area contributed by atoms with Crippen LogP contribution in [0.25, 0.3) is 88.5 Å². The minimum Gasteiger partial charge on any atom is -0.228 e. The highest BCUT2D eigenvalue weighted by molar-refractivity contribution is 6.25. The zero-order valence-corrected chi connectivity index (χ0v) is 26.2. The van der Waals surface area contributed by atoms with Crippen molar-refractivity contribution in [3.63, 3.8) is 0 Å². The summed E-state index contributed by atoms with van der Waals surface area (Å²) < 4.78 is 0. The molecule has 0 atom stereocenters. The summed E-state index contributed by atoms with van der Waals surface area (Å²) in [5, 5.41) is 7.69. The van der Waals surface area contributed by atoms with Crippen molar-refractivity contribution < 1.29 is 0 Å². The second-order valence-electron chi connectivity index (χ2n) is 12.2. The third-order valence-electron chi connectivity index (χ3n) is 9.28.